The van der Waals surface area contributed by atoms with E-state index in [1.807, 2.05) is 44.2 Å². The van der Waals surface area contributed by atoms with E-state index >= 15 is 0 Å². The van der Waals surface area contributed by atoms with Gasteiger partial charge in [0.2, 0.25) is 0 Å². The molecular weight excluding hydrogens is 420 g/mol. The Hall–Kier alpha value is -4.12. The second-order valence-electron chi connectivity index (χ2n) is 7.42. The number of rotatable bonds is 9. The monoisotopic (exact) mass is 446 g/mol. The standard InChI is InChI=1S/C25H26N4O4/c1-4-32-23-15-19(14-21-18(3)28-29(25(21)31)13-5-12-26)8-11-22(23)33-16-24(30)27-20-9-6-17(2)7-10-20/h6-11,14-15H,4-5,13,16H2,1-3H3,(H,27,30). The highest BCUT2D eigenvalue weighted by Crippen LogP contribution is 2.30. The fourth-order valence-electron chi connectivity index (χ4n) is 3.19. The molecule has 0 bridgehead atoms. The molecule has 1 aliphatic heterocycles. The number of hydrogen-bond donors (Lipinski definition) is 1. The average molecular weight is 447 g/mol. The Morgan fingerprint density at radius 1 is 1.15 bits per heavy atom. The Bertz CT molecular complexity index is 1130. The van der Waals surface area contributed by atoms with E-state index in [9.17, 15) is 9.59 Å². The van der Waals surface area contributed by atoms with Crippen molar-refractivity contribution in [3.05, 3.63) is 59.2 Å². The lowest BCUT2D eigenvalue weighted by molar-refractivity contribution is -0.125. The minimum Gasteiger partial charge on any atom is -0.490 e. The molecule has 1 N–H and O–H groups in total. The SMILES string of the molecule is CCOc1cc(C=C2C(=O)N(CCC#N)N=C2C)ccc1OCC(=O)Nc1ccc(C)cc1. The van der Waals surface area contributed by atoms with E-state index in [0.717, 1.165) is 11.1 Å². The van der Waals surface area contributed by atoms with Gasteiger partial charge in [-0.2, -0.15) is 10.4 Å². The zero-order valence-corrected chi connectivity index (χ0v) is 18.9. The van der Waals surface area contributed by atoms with Gasteiger partial charge in [0, 0.05) is 5.69 Å². The van der Waals surface area contributed by atoms with Crippen molar-refractivity contribution in [2.45, 2.75) is 27.2 Å². The molecule has 3 rings (SSSR count). The smallest absolute Gasteiger partial charge is 0.275 e. The second kappa shape index (κ2) is 11.0. The number of hydrogen-bond acceptors (Lipinski definition) is 6. The largest absolute Gasteiger partial charge is 0.490 e. The number of anilines is 1. The Balaban J connectivity index is 1.70. The van der Waals surface area contributed by atoms with E-state index in [2.05, 4.69) is 10.4 Å². The number of nitrogens with zero attached hydrogens (tertiary/aromatic N) is 3. The summed E-state index contributed by atoms with van der Waals surface area (Å²) in [6.07, 6.45) is 1.94. The molecule has 0 unspecified atom stereocenters. The van der Waals surface area contributed by atoms with Crippen LogP contribution in [0.2, 0.25) is 0 Å². The van der Waals surface area contributed by atoms with Crippen LogP contribution < -0.4 is 14.8 Å². The van der Waals surface area contributed by atoms with Crippen molar-refractivity contribution in [1.82, 2.24) is 5.01 Å². The summed E-state index contributed by atoms with van der Waals surface area (Å²) >= 11 is 0. The third-order valence-corrected chi connectivity index (χ3v) is 4.83. The predicted molar refractivity (Wildman–Crippen MR) is 126 cm³/mol. The van der Waals surface area contributed by atoms with Crippen LogP contribution in [0, 0.1) is 18.3 Å². The molecule has 0 saturated heterocycles. The third-order valence-electron chi connectivity index (χ3n) is 4.83. The summed E-state index contributed by atoms with van der Waals surface area (Å²) < 4.78 is 11.4. The quantitative estimate of drug-likeness (QED) is 0.588. The van der Waals surface area contributed by atoms with Crippen LogP contribution in [0.4, 0.5) is 5.69 Å². The van der Waals surface area contributed by atoms with Crippen molar-refractivity contribution in [3.8, 4) is 17.6 Å². The van der Waals surface area contributed by atoms with Crippen LogP contribution in [0.1, 0.15) is 31.4 Å². The first kappa shape index (κ1) is 23.5. The van der Waals surface area contributed by atoms with Crippen LogP contribution in [0.15, 0.2) is 53.1 Å². The van der Waals surface area contributed by atoms with Crippen LogP contribution in [0.5, 0.6) is 11.5 Å². The highest BCUT2D eigenvalue weighted by molar-refractivity contribution is 6.26. The molecular formula is C25H26N4O4. The molecule has 0 aliphatic carbocycles. The summed E-state index contributed by atoms with van der Waals surface area (Å²) in [4.78, 5) is 24.8. The molecule has 0 atom stereocenters. The Labute approximate surface area is 193 Å². The predicted octanol–water partition coefficient (Wildman–Crippen LogP) is 3.93. The van der Waals surface area contributed by atoms with E-state index in [1.165, 1.54) is 5.01 Å². The van der Waals surface area contributed by atoms with Gasteiger partial charge in [-0.05, 0) is 56.7 Å². The van der Waals surface area contributed by atoms with Gasteiger partial charge in [0.15, 0.2) is 18.1 Å². The number of nitriles is 1. The number of benzene rings is 2. The summed E-state index contributed by atoms with van der Waals surface area (Å²) in [5, 5.41) is 17.1. The molecule has 33 heavy (non-hydrogen) atoms. The number of aryl methyl sites for hydroxylation is 1. The van der Waals surface area contributed by atoms with Crippen molar-refractivity contribution in [2.24, 2.45) is 5.10 Å². The van der Waals surface area contributed by atoms with Gasteiger partial charge >= 0.3 is 0 Å². The average Bonchev–Trinajstić information content (AvgIpc) is 3.06. The van der Waals surface area contributed by atoms with E-state index < -0.39 is 0 Å². The van der Waals surface area contributed by atoms with E-state index in [1.54, 1.807) is 31.2 Å². The highest BCUT2D eigenvalue weighted by atomic mass is 16.5. The Morgan fingerprint density at radius 3 is 2.61 bits per heavy atom. The summed E-state index contributed by atoms with van der Waals surface area (Å²) in [6, 6.07) is 14.8. The van der Waals surface area contributed by atoms with Crippen molar-refractivity contribution in [1.29, 1.82) is 5.26 Å². The highest BCUT2D eigenvalue weighted by Gasteiger charge is 2.27. The summed E-state index contributed by atoms with van der Waals surface area (Å²) in [6.45, 7) is 6.07. The van der Waals surface area contributed by atoms with Crippen LogP contribution in [-0.4, -0.2) is 42.3 Å². The van der Waals surface area contributed by atoms with Crippen LogP contribution in [0.25, 0.3) is 6.08 Å². The van der Waals surface area contributed by atoms with Gasteiger partial charge in [0.05, 0.1) is 36.9 Å². The molecule has 0 radical (unpaired) electrons. The summed E-state index contributed by atoms with van der Waals surface area (Å²) in [7, 11) is 0. The van der Waals surface area contributed by atoms with Crippen molar-refractivity contribution in [2.75, 3.05) is 25.1 Å². The lowest BCUT2D eigenvalue weighted by atomic mass is 10.1. The molecule has 1 aliphatic rings. The fraction of sp³-hybridized carbons (Fsp3) is 0.280. The number of carbonyl (C=O) groups is 2. The molecule has 8 heteroatoms. The molecule has 2 aromatic carbocycles. The van der Waals surface area contributed by atoms with Gasteiger partial charge in [-0.25, -0.2) is 5.01 Å². The van der Waals surface area contributed by atoms with Crippen molar-refractivity contribution < 1.29 is 19.1 Å². The Morgan fingerprint density at radius 2 is 1.91 bits per heavy atom. The van der Waals surface area contributed by atoms with Gasteiger partial charge in [-0.3, -0.25) is 9.59 Å². The topological polar surface area (TPSA) is 104 Å². The normalized spacial score (nSPS) is 14.1. The van der Waals surface area contributed by atoms with Gasteiger partial charge in [-0.15, -0.1) is 0 Å². The number of amides is 2. The maximum Gasteiger partial charge on any atom is 0.275 e. The number of ether oxygens (including phenoxy) is 2. The minimum atomic E-state index is -0.284. The van der Waals surface area contributed by atoms with E-state index in [4.69, 9.17) is 14.7 Å². The van der Waals surface area contributed by atoms with Crippen LogP contribution in [0.3, 0.4) is 0 Å². The molecule has 2 aromatic rings. The molecule has 0 spiro atoms. The first-order chi connectivity index (χ1) is 15.9. The maximum atomic E-state index is 12.6. The van der Waals surface area contributed by atoms with Gasteiger partial charge in [-0.1, -0.05) is 23.8 Å². The van der Waals surface area contributed by atoms with Crippen LogP contribution in [-0.2, 0) is 9.59 Å². The van der Waals surface area contributed by atoms with Crippen LogP contribution >= 0.6 is 0 Å². The van der Waals surface area contributed by atoms with Gasteiger partial charge < -0.3 is 14.8 Å². The lowest BCUT2D eigenvalue weighted by Crippen LogP contribution is -2.23. The first-order valence-electron chi connectivity index (χ1n) is 10.6. The lowest BCUT2D eigenvalue weighted by Gasteiger charge is -2.13. The molecule has 170 valence electrons. The molecule has 0 saturated carbocycles. The number of carbonyl (C=O) groups excluding carboxylic acids is 2. The van der Waals surface area contributed by atoms with Crippen molar-refractivity contribution in [3.63, 3.8) is 0 Å². The van der Waals surface area contributed by atoms with E-state index in [-0.39, 0.29) is 31.4 Å². The van der Waals surface area contributed by atoms with E-state index in [0.29, 0.717) is 35.1 Å². The second-order valence-corrected chi connectivity index (χ2v) is 7.42. The number of hydrazone groups is 1. The fourth-order valence-corrected chi connectivity index (χ4v) is 3.19. The first-order valence-corrected chi connectivity index (χ1v) is 10.6. The zero-order valence-electron chi connectivity index (χ0n) is 18.9. The minimum absolute atomic E-state index is 0.174. The maximum absolute atomic E-state index is 12.6. The van der Waals surface area contributed by atoms with Gasteiger partial charge in [0.1, 0.15) is 0 Å². The molecule has 0 aromatic heterocycles. The van der Waals surface area contributed by atoms with Gasteiger partial charge in [0.25, 0.3) is 11.8 Å². The summed E-state index contributed by atoms with van der Waals surface area (Å²) in [5.41, 5.74) is 3.58. The number of nitrogens with one attached hydrogen (secondary N) is 1. The molecule has 8 nitrogen and oxygen atoms in total. The molecule has 0 fully saturated rings. The third kappa shape index (κ3) is 6.20. The summed E-state index contributed by atoms with van der Waals surface area (Å²) in [5.74, 6) is 0.371. The zero-order chi connectivity index (χ0) is 23.8. The Kier molecular flexibility index (Phi) is 7.82. The van der Waals surface area contributed by atoms with Crippen molar-refractivity contribution >= 4 is 29.3 Å². The molecule has 2 amide bonds. The molecule has 1 heterocycles.